The first-order valence-electron chi connectivity index (χ1n) is 14.1. The van der Waals surface area contributed by atoms with Crippen LogP contribution in [0.5, 0.6) is 0 Å². The van der Waals surface area contributed by atoms with Crippen LogP contribution in [0, 0.1) is 17.2 Å². The number of hydrogen-bond donors (Lipinski definition) is 1. The Kier molecular flexibility index (Phi) is 8.59. The second-order valence-corrected chi connectivity index (χ2v) is 11.1. The number of ether oxygens (including phenoxy) is 2. The monoisotopic (exact) mass is 589 g/mol. The summed E-state index contributed by atoms with van der Waals surface area (Å²) < 4.78 is 12.6. The van der Waals surface area contributed by atoms with E-state index in [0.717, 1.165) is 31.2 Å². The maximum absolute atomic E-state index is 13.4. The molecule has 3 heterocycles. The number of cyclic esters (lactones) is 1. The molecule has 5 rings (SSSR count). The number of hydrogen-bond acceptors (Lipinski definition) is 9. The quantitative estimate of drug-likeness (QED) is 0.244. The van der Waals surface area contributed by atoms with E-state index in [0.29, 0.717) is 29.0 Å². The van der Waals surface area contributed by atoms with Gasteiger partial charge in [-0.15, -0.1) is 5.10 Å². The fourth-order valence-electron chi connectivity index (χ4n) is 5.93. The van der Waals surface area contributed by atoms with E-state index in [2.05, 4.69) is 21.1 Å². The predicted molar refractivity (Wildman–Crippen MR) is 155 cm³/mol. The molecule has 1 aliphatic heterocycles. The van der Waals surface area contributed by atoms with Crippen LogP contribution < -0.4 is 0 Å². The number of rotatable bonds is 9. The van der Waals surface area contributed by atoms with Gasteiger partial charge in [-0.2, -0.15) is 10.2 Å². The average molecular weight is 590 g/mol. The zero-order valence-corrected chi connectivity index (χ0v) is 24.4. The lowest BCUT2D eigenvalue weighted by Gasteiger charge is -2.41. The minimum absolute atomic E-state index is 0.0164. The zero-order valence-electron chi connectivity index (χ0n) is 23.6. The molecule has 0 saturated heterocycles. The highest BCUT2D eigenvalue weighted by Crippen LogP contribution is 2.46. The number of esters is 2. The third-order valence-electron chi connectivity index (χ3n) is 8.11. The molecule has 218 valence electrons. The molecule has 1 fully saturated rings. The lowest BCUT2D eigenvalue weighted by Crippen LogP contribution is -2.46. The number of allylic oxidation sites excluding steroid dienone is 2. The molecule has 2 aromatic heterocycles. The van der Waals surface area contributed by atoms with E-state index in [1.807, 2.05) is 18.2 Å². The molecule has 0 spiro atoms. The molecule has 1 aromatic carbocycles. The summed E-state index contributed by atoms with van der Waals surface area (Å²) in [5.41, 5.74) is 1.66. The van der Waals surface area contributed by atoms with Crippen molar-refractivity contribution in [1.29, 1.82) is 5.26 Å². The van der Waals surface area contributed by atoms with Gasteiger partial charge in [-0.3, -0.25) is 0 Å². The highest BCUT2D eigenvalue weighted by Gasteiger charge is 2.48. The summed E-state index contributed by atoms with van der Waals surface area (Å²) in [6, 6.07) is 7.79. The van der Waals surface area contributed by atoms with E-state index in [1.54, 1.807) is 19.9 Å². The number of fused-ring (bicyclic) bond motifs is 1. The van der Waals surface area contributed by atoms with E-state index in [1.165, 1.54) is 16.9 Å². The van der Waals surface area contributed by atoms with Crippen LogP contribution in [0.2, 0.25) is 5.02 Å². The summed E-state index contributed by atoms with van der Waals surface area (Å²) in [6.07, 6.45) is 9.78. The Morgan fingerprint density at radius 1 is 1.36 bits per heavy atom. The molecular formula is C31H32ClN5O5. The average Bonchev–Trinajstić information content (AvgIpc) is 3.66. The van der Waals surface area contributed by atoms with Gasteiger partial charge in [0, 0.05) is 35.8 Å². The van der Waals surface area contributed by atoms with Crippen molar-refractivity contribution in [3.8, 4) is 6.07 Å². The van der Waals surface area contributed by atoms with Gasteiger partial charge in [-0.25, -0.2) is 19.1 Å². The van der Waals surface area contributed by atoms with Crippen molar-refractivity contribution >= 4 is 34.9 Å². The van der Waals surface area contributed by atoms with Crippen molar-refractivity contribution in [2.45, 2.75) is 70.8 Å². The number of aliphatic hydroxyl groups excluding tert-OH is 1. The molecule has 1 N–H and O–H groups in total. The molecule has 11 heteroatoms. The molecule has 1 saturated carbocycles. The van der Waals surface area contributed by atoms with Gasteiger partial charge in [-0.05, 0) is 57.1 Å². The SMILES string of the molecule is C/C=C(/C#N)c1ccc(CCC2(C3CCCC3)CC(O)=C(Cc3nc4ncc(C(=O)OCC)cn4n3)C(=O)O2)cc1Cl. The number of halogens is 1. The number of carbonyl (C=O) groups excluding carboxylic acids is 2. The molecule has 1 atom stereocenters. The Morgan fingerprint density at radius 3 is 2.81 bits per heavy atom. The number of nitrogens with zero attached hydrogens (tertiary/aromatic N) is 5. The van der Waals surface area contributed by atoms with Crippen LogP contribution in [0.4, 0.5) is 0 Å². The lowest BCUT2D eigenvalue weighted by atomic mass is 9.76. The van der Waals surface area contributed by atoms with Gasteiger partial charge in [0.1, 0.15) is 11.4 Å². The van der Waals surface area contributed by atoms with E-state index in [4.69, 9.17) is 21.1 Å². The fraction of sp³-hybridized carbons (Fsp3) is 0.419. The van der Waals surface area contributed by atoms with Crippen molar-refractivity contribution in [1.82, 2.24) is 19.6 Å². The normalized spacial score (nSPS) is 19.7. The Morgan fingerprint density at radius 2 is 2.14 bits per heavy atom. The van der Waals surface area contributed by atoms with E-state index in [-0.39, 0.29) is 53.9 Å². The standard InChI is InChI=1S/C31H32ClN5O5/c1-3-20(16-33)23-10-9-19(13-25(23)32)11-12-31(22-7-5-6-8-22)15-26(38)24(29(40)42-31)14-27-35-30-34-17-21(18-37(30)36-27)28(39)41-4-2/h3,9-10,13,17-18,22,38H,4-8,11-12,14-15H2,1-2H3/b20-3-. The summed E-state index contributed by atoms with van der Waals surface area (Å²) in [4.78, 5) is 34.0. The van der Waals surface area contributed by atoms with Crippen LogP contribution in [0.15, 0.2) is 48.0 Å². The Hall–Kier alpha value is -4.23. The topological polar surface area (TPSA) is 140 Å². The second kappa shape index (κ2) is 12.3. The van der Waals surface area contributed by atoms with Gasteiger partial charge in [-0.1, -0.05) is 42.7 Å². The number of carbonyl (C=O) groups is 2. The van der Waals surface area contributed by atoms with E-state index < -0.39 is 17.5 Å². The number of aryl methyl sites for hydroxylation is 1. The summed E-state index contributed by atoms with van der Waals surface area (Å²) >= 11 is 6.51. The van der Waals surface area contributed by atoms with Crippen molar-refractivity contribution in [3.63, 3.8) is 0 Å². The van der Waals surface area contributed by atoms with Gasteiger partial charge in [0.25, 0.3) is 5.78 Å². The maximum Gasteiger partial charge on any atom is 0.341 e. The lowest BCUT2D eigenvalue weighted by molar-refractivity contribution is -0.167. The van der Waals surface area contributed by atoms with E-state index in [9.17, 15) is 20.0 Å². The van der Waals surface area contributed by atoms with Gasteiger partial charge in [0.15, 0.2) is 5.82 Å². The highest BCUT2D eigenvalue weighted by molar-refractivity contribution is 6.32. The molecule has 2 aliphatic rings. The minimum atomic E-state index is -0.837. The van der Waals surface area contributed by atoms with Crippen LogP contribution in [0.1, 0.15) is 79.7 Å². The van der Waals surface area contributed by atoms with Crippen molar-refractivity contribution < 1.29 is 24.2 Å². The van der Waals surface area contributed by atoms with Crippen molar-refractivity contribution in [2.24, 2.45) is 5.92 Å². The fourth-order valence-corrected chi connectivity index (χ4v) is 6.24. The molecule has 10 nitrogen and oxygen atoms in total. The van der Waals surface area contributed by atoms with Crippen LogP contribution in [0.25, 0.3) is 11.4 Å². The van der Waals surface area contributed by atoms with Crippen LogP contribution in [-0.4, -0.2) is 48.8 Å². The van der Waals surface area contributed by atoms with Crippen molar-refractivity contribution in [2.75, 3.05) is 6.61 Å². The third kappa shape index (κ3) is 5.88. The minimum Gasteiger partial charge on any atom is -0.512 e. The number of benzene rings is 1. The van der Waals surface area contributed by atoms with E-state index >= 15 is 0 Å². The first-order chi connectivity index (χ1) is 20.3. The summed E-state index contributed by atoms with van der Waals surface area (Å²) in [7, 11) is 0. The van der Waals surface area contributed by atoms with Gasteiger partial charge >= 0.3 is 11.9 Å². The maximum atomic E-state index is 13.4. The summed E-state index contributed by atoms with van der Waals surface area (Å²) in [5.74, 6) is -0.466. The summed E-state index contributed by atoms with van der Waals surface area (Å²) in [6.45, 7) is 3.74. The van der Waals surface area contributed by atoms with Gasteiger partial charge in [0.05, 0.1) is 29.4 Å². The Bertz CT molecular complexity index is 1630. The molecule has 42 heavy (non-hydrogen) atoms. The molecule has 0 amide bonds. The van der Waals surface area contributed by atoms with Crippen LogP contribution >= 0.6 is 11.6 Å². The molecule has 1 unspecified atom stereocenters. The first kappa shape index (κ1) is 29.3. The molecule has 1 aliphatic carbocycles. The highest BCUT2D eigenvalue weighted by atomic mass is 35.5. The number of nitriles is 1. The predicted octanol–water partition coefficient (Wildman–Crippen LogP) is 5.74. The number of aromatic nitrogens is 4. The molecule has 3 aromatic rings. The molecule has 0 bridgehead atoms. The van der Waals surface area contributed by atoms with Crippen LogP contribution in [-0.2, 0) is 27.1 Å². The van der Waals surface area contributed by atoms with Crippen LogP contribution in [0.3, 0.4) is 0 Å². The number of aliphatic hydroxyl groups is 1. The zero-order chi connectivity index (χ0) is 29.9. The third-order valence-corrected chi connectivity index (χ3v) is 8.42. The smallest absolute Gasteiger partial charge is 0.341 e. The molecule has 0 radical (unpaired) electrons. The van der Waals surface area contributed by atoms with Gasteiger partial charge < -0.3 is 14.6 Å². The Balaban J connectivity index is 1.36. The van der Waals surface area contributed by atoms with Crippen molar-refractivity contribution in [3.05, 3.63) is 75.5 Å². The second-order valence-electron chi connectivity index (χ2n) is 10.7. The summed E-state index contributed by atoms with van der Waals surface area (Å²) in [5, 5.41) is 25.4. The largest absolute Gasteiger partial charge is 0.512 e. The molecular weight excluding hydrogens is 558 g/mol. The van der Waals surface area contributed by atoms with Gasteiger partial charge in [0.2, 0.25) is 0 Å². The Labute approximate surface area is 248 Å². The first-order valence-corrected chi connectivity index (χ1v) is 14.5.